The Balaban J connectivity index is 2.36. The lowest BCUT2D eigenvalue weighted by Gasteiger charge is -2.03. The average Bonchev–Trinajstić information content (AvgIpc) is 2.63. The quantitative estimate of drug-likeness (QED) is 0.828. The van der Waals surface area contributed by atoms with Crippen molar-refractivity contribution in [2.24, 2.45) is 11.7 Å². The topological polar surface area (TPSA) is 43.3 Å². The molecule has 2 N–H and O–H groups in total. The zero-order valence-corrected chi connectivity index (χ0v) is 10.5. The third-order valence-electron chi connectivity index (χ3n) is 2.34. The molecule has 0 radical (unpaired) electrons. The van der Waals surface area contributed by atoms with Crippen LogP contribution in [0.2, 0.25) is 0 Å². The van der Waals surface area contributed by atoms with Gasteiger partial charge >= 0.3 is 0 Å². The highest BCUT2D eigenvalue weighted by molar-refractivity contribution is 7.99. The third-order valence-corrected chi connectivity index (χ3v) is 3.77. The maximum Gasteiger partial charge on any atom is 0.138 e. The average molecular weight is 235 g/mol. The van der Waals surface area contributed by atoms with E-state index in [1.165, 1.54) is 0 Å². The molecule has 0 saturated heterocycles. The number of pyridine rings is 1. The largest absolute Gasteiger partial charge is 0.325 e. The Morgan fingerprint density at radius 1 is 1.44 bits per heavy atom. The predicted molar refractivity (Wildman–Crippen MR) is 68.6 cm³/mol. The van der Waals surface area contributed by atoms with Gasteiger partial charge in [0.05, 0.1) is 5.69 Å². The molecule has 2 aromatic heterocycles. The van der Waals surface area contributed by atoms with Crippen LogP contribution in [0.3, 0.4) is 0 Å². The lowest BCUT2D eigenvalue weighted by molar-refractivity contribution is 0.749. The molecule has 0 fully saturated rings. The van der Waals surface area contributed by atoms with Gasteiger partial charge in [-0.15, -0.1) is 11.8 Å². The number of rotatable bonds is 4. The van der Waals surface area contributed by atoms with Crippen LogP contribution in [0.5, 0.6) is 0 Å². The Morgan fingerprint density at radius 3 is 2.94 bits per heavy atom. The van der Waals surface area contributed by atoms with Gasteiger partial charge in [0.2, 0.25) is 0 Å². The zero-order valence-electron chi connectivity index (χ0n) is 9.68. The van der Waals surface area contributed by atoms with Gasteiger partial charge in [0, 0.05) is 18.5 Å². The van der Waals surface area contributed by atoms with Gasteiger partial charge in [-0.25, -0.2) is 4.98 Å². The molecule has 0 aliphatic heterocycles. The van der Waals surface area contributed by atoms with Crippen LogP contribution in [-0.4, -0.2) is 15.1 Å². The molecule has 0 aliphatic rings. The van der Waals surface area contributed by atoms with Crippen LogP contribution < -0.4 is 5.73 Å². The van der Waals surface area contributed by atoms with Crippen LogP contribution in [0.4, 0.5) is 0 Å². The molecule has 0 aromatic carbocycles. The Hall–Kier alpha value is -1.00. The Kier molecular flexibility index (Phi) is 3.51. The van der Waals surface area contributed by atoms with Crippen LogP contribution in [0.15, 0.2) is 29.4 Å². The van der Waals surface area contributed by atoms with Crippen molar-refractivity contribution in [2.45, 2.75) is 25.4 Å². The summed E-state index contributed by atoms with van der Waals surface area (Å²) in [5, 5.41) is 1.07. The fourth-order valence-corrected chi connectivity index (χ4v) is 2.57. The normalized spacial score (nSPS) is 11.5. The minimum absolute atomic E-state index is 0.533. The summed E-state index contributed by atoms with van der Waals surface area (Å²) in [4.78, 5) is 4.60. The number of thioether (sulfide) groups is 1. The van der Waals surface area contributed by atoms with E-state index >= 15 is 0 Å². The van der Waals surface area contributed by atoms with Crippen LogP contribution in [-0.2, 0) is 6.54 Å². The van der Waals surface area contributed by atoms with Crippen molar-refractivity contribution in [3.05, 3.63) is 30.1 Å². The molecule has 0 spiro atoms. The smallest absolute Gasteiger partial charge is 0.138 e. The van der Waals surface area contributed by atoms with E-state index in [-0.39, 0.29) is 0 Å². The maximum atomic E-state index is 5.79. The zero-order chi connectivity index (χ0) is 11.5. The summed E-state index contributed by atoms with van der Waals surface area (Å²) in [7, 11) is 0. The molecule has 2 aromatic rings. The van der Waals surface area contributed by atoms with E-state index in [1.807, 2.05) is 24.4 Å². The number of nitrogens with two attached hydrogens (primary N) is 1. The summed E-state index contributed by atoms with van der Waals surface area (Å²) in [6, 6.07) is 6.02. The molecule has 0 aliphatic carbocycles. The molecule has 2 heterocycles. The van der Waals surface area contributed by atoms with Crippen molar-refractivity contribution >= 4 is 17.4 Å². The number of fused-ring (bicyclic) bond motifs is 1. The van der Waals surface area contributed by atoms with E-state index in [2.05, 4.69) is 23.2 Å². The number of imidazole rings is 1. The van der Waals surface area contributed by atoms with Gasteiger partial charge in [0.15, 0.2) is 0 Å². The van der Waals surface area contributed by atoms with Gasteiger partial charge in [0.25, 0.3) is 0 Å². The van der Waals surface area contributed by atoms with Gasteiger partial charge in [0.1, 0.15) is 10.7 Å². The first-order chi connectivity index (χ1) is 7.72. The summed E-state index contributed by atoms with van der Waals surface area (Å²) in [6.45, 7) is 4.96. The second-order valence-electron chi connectivity index (χ2n) is 4.20. The number of aromatic nitrogens is 2. The Morgan fingerprint density at radius 2 is 2.25 bits per heavy atom. The van der Waals surface area contributed by atoms with E-state index in [9.17, 15) is 0 Å². The summed E-state index contributed by atoms with van der Waals surface area (Å²) in [5.74, 6) is 1.75. The molecule has 0 bridgehead atoms. The fourth-order valence-electron chi connectivity index (χ4n) is 1.57. The molecule has 2 rings (SSSR count). The molecular weight excluding hydrogens is 218 g/mol. The van der Waals surface area contributed by atoms with Crippen LogP contribution in [0, 0.1) is 5.92 Å². The first-order valence-electron chi connectivity index (χ1n) is 5.51. The third kappa shape index (κ3) is 2.23. The Bertz CT molecular complexity index is 476. The summed E-state index contributed by atoms with van der Waals surface area (Å²) < 4.78 is 2.07. The first kappa shape index (κ1) is 11.5. The SMILES string of the molecule is CC(C)CSc1nc2ccccn2c1CN. The number of nitrogens with zero attached hydrogens (tertiary/aromatic N) is 2. The van der Waals surface area contributed by atoms with Crippen molar-refractivity contribution < 1.29 is 0 Å². The minimum atomic E-state index is 0.533. The van der Waals surface area contributed by atoms with E-state index < -0.39 is 0 Å². The number of hydrogen-bond donors (Lipinski definition) is 1. The van der Waals surface area contributed by atoms with Gasteiger partial charge in [-0.3, -0.25) is 0 Å². The molecule has 0 amide bonds. The molecule has 0 unspecified atom stereocenters. The van der Waals surface area contributed by atoms with Crippen LogP contribution in [0.1, 0.15) is 19.5 Å². The molecule has 0 saturated carbocycles. The lowest BCUT2D eigenvalue weighted by atomic mass is 10.3. The molecule has 0 atom stereocenters. The highest BCUT2D eigenvalue weighted by Crippen LogP contribution is 2.24. The molecule has 86 valence electrons. The number of hydrogen-bond acceptors (Lipinski definition) is 3. The predicted octanol–water partition coefficient (Wildman–Crippen LogP) is 2.54. The first-order valence-corrected chi connectivity index (χ1v) is 6.49. The van der Waals surface area contributed by atoms with E-state index in [0.717, 1.165) is 22.1 Å². The molecule has 4 heteroatoms. The highest BCUT2D eigenvalue weighted by Gasteiger charge is 2.10. The minimum Gasteiger partial charge on any atom is -0.325 e. The van der Waals surface area contributed by atoms with E-state index in [0.29, 0.717) is 12.5 Å². The Labute approximate surface area is 100 Å². The van der Waals surface area contributed by atoms with E-state index in [4.69, 9.17) is 5.73 Å². The summed E-state index contributed by atoms with van der Waals surface area (Å²) in [5.41, 5.74) is 7.89. The van der Waals surface area contributed by atoms with Crippen LogP contribution in [0.25, 0.3) is 5.65 Å². The van der Waals surface area contributed by atoms with Crippen LogP contribution >= 0.6 is 11.8 Å². The fraction of sp³-hybridized carbons (Fsp3) is 0.417. The summed E-state index contributed by atoms with van der Waals surface area (Å²) in [6.07, 6.45) is 2.02. The van der Waals surface area contributed by atoms with Crippen molar-refractivity contribution in [3.63, 3.8) is 0 Å². The van der Waals surface area contributed by atoms with Crippen molar-refractivity contribution in [3.8, 4) is 0 Å². The second-order valence-corrected chi connectivity index (χ2v) is 5.21. The van der Waals surface area contributed by atoms with Crippen molar-refractivity contribution in [2.75, 3.05) is 5.75 Å². The van der Waals surface area contributed by atoms with Gasteiger partial charge < -0.3 is 10.1 Å². The standard InChI is InChI=1S/C12H17N3S/c1-9(2)8-16-12-10(7-13)15-6-4-3-5-11(15)14-12/h3-6,9H,7-8,13H2,1-2H3. The van der Waals surface area contributed by atoms with Gasteiger partial charge in [-0.1, -0.05) is 19.9 Å². The monoisotopic (exact) mass is 235 g/mol. The van der Waals surface area contributed by atoms with Crippen molar-refractivity contribution in [1.29, 1.82) is 0 Å². The molecule has 16 heavy (non-hydrogen) atoms. The van der Waals surface area contributed by atoms with Gasteiger partial charge in [-0.2, -0.15) is 0 Å². The lowest BCUT2D eigenvalue weighted by Crippen LogP contribution is -2.02. The van der Waals surface area contributed by atoms with Gasteiger partial charge in [-0.05, 0) is 18.1 Å². The second kappa shape index (κ2) is 4.89. The van der Waals surface area contributed by atoms with Crippen molar-refractivity contribution in [1.82, 2.24) is 9.38 Å². The molecule has 3 nitrogen and oxygen atoms in total. The highest BCUT2D eigenvalue weighted by atomic mass is 32.2. The maximum absolute atomic E-state index is 5.79. The van der Waals surface area contributed by atoms with E-state index in [1.54, 1.807) is 11.8 Å². The molecular formula is C12H17N3S. The summed E-state index contributed by atoms with van der Waals surface area (Å²) >= 11 is 1.79.